The van der Waals surface area contributed by atoms with E-state index in [1.165, 1.54) is 6.33 Å². The number of anilines is 1. The van der Waals surface area contributed by atoms with Crippen molar-refractivity contribution in [2.24, 2.45) is 0 Å². The Morgan fingerprint density at radius 1 is 1.16 bits per heavy atom. The molecule has 0 spiro atoms. The van der Waals surface area contributed by atoms with E-state index in [1.807, 2.05) is 32.6 Å². The van der Waals surface area contributed by atoms with Crippen LogP contribution < -0.4 is 4.90 Å². The van der Waals surface area contributed by atoms with Gasteiger partial charge in [0.05, 0.1) is 16.9 Å². The van der Waals surface area contributed by atoms with Gasteiger partial charge < -0.3 is 14.2 Å². The summed E-state index contributed by atoms with van der Waals surface area (Å²) < 4.78 is 39.2. The summed E-state index contributed by atoms with van der Waals surface area (Å²) in [5.41, 5.74) is -0.352. The smallest absolute Gasteiger partial charge is 0.398 e. The van der Waals surface area contributed by atoms with Gasteiger partial charge in [-0.3, -0.25) is 0 Å². The molecule has 3 heterocycles. The average molecular weight is 351 g/mol. The predicted octanol–water partition coefficient (Wildman–Crippen LogP) is 3.40. The van der Waals surface area contributed by atoms with E-state index in [2.05, 4.69) is 9.97 Å². The van der Waals surface area contributed by atoms with Crippen LogP contribution in [0.2, 0.25) is 0 Å². The first-order chi connectivity index (χ1) is 11.7. The van der Waals surface area contributed by atoms with Crippen LogP contribution in [-0.4, -0.2) is 41.4 Å². The number of hydrogen-bond acceptors (Lipinski definition) is 5. The molecule has 0 saturated carbocycles. The van der Waals surface area contributed by atoms with Crippen LogP contribution in [0.1, 0.15) is 46.2 Å². The Morgan fingerprint density at radius 3 is 2.32 bits per heavy atom. The molecule has 136 valence electrons. The molecule has 2 aliphatic heterocycles. The summed E-state index contributed by atoms with van der Waals surface area (Å²) in [5.74, 6) is 0.678. The highest BCUT2D eigenvalue weighted by Gasteiger charge is 2.53. The molecule has 5 nitrogen and oxygen atoms in total. The first-order valence-electron chi connectivity index (χ1n) is 8.58. The van der Waals surface area contributed by atoms with Gasteiger partial charge in [-0.05, 0) is 46.1 Å². The molecule has 0 N–H and O–H groups in total. The van der Waals surface area contributed by atoms with E-state index < -0.39 is 25.0 Å². The molecular formula is C17H24BF2N3O2. The van der Waals surface area contributed by atoms with Crippen molar-refractivity contribution in [3.8, 4) is 0 Å². The van der Waals surface area contributed by atoms with Crippen molar-refractivity contribution in [2.45, 2.75) is 58.4 Å². The third-order valence-electron chi connectivity index (χ3n) is 5.34. The molecule has 0 unspecified atom stereocenters. The zero-order valence-electron chi connectivity index (χ0n) is 15.2. The van der Waals surface area contributed by atoms with Crippen molar-refractivity contribution in [3.63, 3.8) is 0 Å². The zero-order valence-corrected chi connectivity index (χ0v) is 15.2. The molecule has 8 heteroatoms. The van der Waals surface area contributed by atoms with E-state index in [9.17, 15) is 8.78 Å². The number of aromatic nitrogens is 2. The van der Waals surface area contributed by atoms with Gasteiger partial charge in [0.2, 0.25) is 0 Å². The van der Waals surface area contributed by atoms with Gasteiger partial charge in [0, 0.05) is 19.2 Å². The molecular weight excluding hydrogens is 327 g/mol. The van der Waals surface area contributed by atoms with Crippen LogP contribution in [0, 0.1) is 0 Å². The van der Waals surface area contributed by atoms with E-state index in [0.29, 0.717) is 37.4 Å². The number of nitrogens with zero attached hydrogens (tertiary/aromatic N) is 3. The molecule has 25 heavy (non-hydrogen) atoms. The largest absolute Gasteiger partial charge is 0.525 e. The minimum atomic E-state index is -0.941. The minimum Gasteiger partial charge on any atom is -0.398 e. The van der Waals surface area contributed by atoms with E-state index in [4.69, 9.17) is 9.31 Å². The van der Waals surface area contributed by atoms with E-state index in [0.717, 1.165) is 5.57 Å². The van der Waals surface area contributed by atoms with Gasteiger partial charge in [0.25, 0.3) is 0 Å². The van der Waals surface area contributed by atoms with Crippen molar-refractivity contribution >= 4 is 12.9 Å². The van der Waals surface area contributed by atoms with Crippen molar-refractivity contribution in [1.82, 2.24) is 9.97 Å². The lowest BCUT2D eigenvalue weighted by Gasteiger charge is -2.32. The summed E-state index contributed by atoms with van der Waals surface area (Å²) in [6.45, 7) is 8.24. The fourth-order valence-corrected chi connectivity index (χ4v) is 2.99. The van der Waals surface area contributed by atoms with Gasteiger partial charge in [-0.2, -0.15) is 0 Å². The van der Waals surface area contributed by atoms with Crippen LogP contribution in [0.15, 0.2) is 23.7 Å². The number of piperidine rings is 1. The van der Waals surface area contributed by atoms with Gasteiger partial charge in [0.15, 0.2) is 0 Å². The van der Waals surface area contributed by atoms with E-state index >= 15 is 0 Å². The van der Waals surface area contributed by atoms with E-state index in [1.54, 1.807) is 6.07 Å². The molecule has 0 radical (unpaired) electrons. The Kier molecular flexibility index (Phi) is 4.85. The Morgan fingerprint density at radius 2 is 1.76 bits per heavy atom. The third-order valence-corrected chi connectivity index (χ3v) is 5.34. The molecule has 2 saturated heterocycles. The van der Waals surface area contributed by atoms with Gasteiger partial charge in [-0.15, -0.1) is 0 Å². The highest BCUT2D eigenvalue weighted by atomic mass is 19.1. The molecule has 0 aromatic carbocycles. The molecule has 3 rings (SSSR count). The molecule has 1 aromatic heterocycles. The monoisotopic (exact) mass is 351 g/mol. The summed E-state index contributed by atoms with van der Waals surface area (Å²) in [6, 6.07) is 1.64. The van der Waals surface area contributed by atoms with Crippen LogP contribution in [0.5, 0.6) is 0 Å². The Labute approximate surface area is 147 Å². The van der Waals surface area contributed by atoms with Crippen molar-refractivity contribution < 1.29 is 18.1 Å². The highest BCUT2D eigenvalue weighted by molar-refractivity contribution is 6.53. The van der Waals surface area contributed by atoms with Crippen LogP contribution in [0.25, 0.3) is 0 Å². The lowest BCUT2D eigenvalue weighted by Crippen LogP contribution is -2.41. The first-order valence-corrected chi connectivity index (χ1v) is 8.58. The van der Waals surface area contributed by atoms with Gasteiger partial charge >= 0.3 is 7.12 Å². The molecule has 1 aromatic rings. The van der Waals surface area contributed by atoms with Crippen molar-refractivity contribution in [2.75, 3.05) is 18.0 Å². The normalized spacial score (nSPS) is 22.4. The average Bonchev–Trinajstić information content (AvgIpc) is 2.82. The number of hydrogen-bond donors (Lipinski definition) is 0. The molecule has 2 aliphatic rings. The summed E-state index contributed by atoms with van der Waals surface area (Å²) in [5, 5.41) is 0. The van der Waals surface area contributed by atoms with Crippen molar-refractivity contribution in [3.05, 3.63) is 29.4 Å². The van der Waals surface area contributed by atoms with Gasteiger partial charge in [-0.25, -0.2) is 18.7 Å². The summed E-state index contributed by atoms with van der Waals surface area (Å²) in [7, 11) is -0.941. The van der Waals surface area contributed by atoms with Gasteiger partial charge in [-0.1, -0.05) is 0 Å². The second-order valence-electron chi connectivity index (χ2n) is 7.53. The summed E-state index contributed by atoms with van der Waals surface area (Å²) in [6.07, 6.45) is 2.48. The SMILES string of the molecule is CC1(C)OB(C(F)=C2CCN(c3cc(CF)ncn3)CC2)OC1(C)C. The molecule has 0 bridgehead atoms. The van der Waals surface area contributed by atoms with Gasteiger partial charge in [0.1, 0.15) is 24.5 Å². The quantitative estimate of drug-likeness (QED) is 0.781. The maximum Gasteiger partial charge on any atom is 0.525 e. The second-order valence-corrected chi connectivity index (χ2v) is 7.53. The zero-order chi connectivity index (χ0) is 18.2. The maximum atomic E-state index is 14.9. The lowest BCUT2D eigenvalue weighted by atomic mass is 9.82. The standard InChI is InChI=1S/C17H24BF2N3O2/c1-16(2)17(3,4)25-18(24-16)15(20)12-5-7-23(8-6-12)14-9-13(10-19)21-11-22-14/h9,11H,5-8,10H2,1-4H3. The number of rotatable bonds is 3. The fraction of sp³-hybridized carbons (Fsp3) is 0.647. The fourth-order valence-electron chi connectivity index (χ4n) is 2.99. The van der Waals surface area contributed by atoms with Crippen LogP contribution in [0.3, 0.4) is 0 Å². The van der Waals surface area contributed by atoms with Crippen LogP contribution in [-0.2, 0) is 16.0 Å². The number of halogens is 2. The molecule has 2 fully saturated rings. The lowest BCUT2D eigenvalue weighted by molar-refractivity contribution is 0.00578. The topological polar surface area (TPSA) is 47.5 Å². The van der Waals surface area contributed by atoms with Crippen LogP contribution >= 0.6 is 0 Å². The van der Waals surface area contributed by atoms with Crippen molar-refractivity contribution in [1.29, 1.82) is 0 Å². The Hall–Kier alpha value is -1.54. The molecule has 0 atom stereocenters. The predicted molar refractivity (Wildman–Crippen MR) is 92.5 cm³/mol. The van der Waals surface area contributed by atoms with E-state index in [-0.39, 0.29) is 5.73 Å². The minimum absolute atomic E-state index is 0.314. The second kappa shape index (κ2) is 6.65. The first kappa shape index (κ1) is 18.3. The molecule has 0 aliphatic carbocycles. The Bertz CT molecular complexity index is 656. The molecule has 0 amide bonds. The summed E-state index contributed by atoms with van der Waals surface area (Å²) in [4.78, 5) is 10.1. The number of alkyl halides is 1. The third kappa shape index (κ3) is 3.55. The highest BCUT2D eigenvalue weighted by Crippen LogP contribution is 2.40. The van der Waals surface area contributed by atoms with Crippen LogP contribution in [0.4, 0.5) is 14.6 Å². The maximum absolute atomic E-state index is 14.9. The Balaban J connectivity index is 1.68. The summed E-state index contributed by atoms with van der Waals surface area (Å²) >= 11 is 0.